The number of nitrogens with two attached hydrogens (primary N) is 1. The van der Waals surface area contributed by atoms with Gasteiger partial charge < -0.3 is 11.1 Å². The predicted molar refractivity (Wildman–Crippen MR) is 81.6 cm³/mol. The van der Waals surface area contributed by atoms with Crippen LogP contribution >= 0.6 is 11.3 Å². The standard InChI is InChI=1S/C14H20N4OS/c1-4-11(12-6-5-7-20-12)16-13(19)8-18-10(3)14(15)9(2)17-18/h5-7,11H,4,8,15H2,1-3H3,(H,16,19). The topological polar surface area (TPSA) is 72.9 Å². The van der Waals surface area contributed by atoms with Gasteiger partial charge in [0.05, 0.1) is 23.1 Å². The van der Waals surface area contributed by atoms with E-state index >= 15 is 0 Å². The van der Waals surface area contributed by atoms with E-state index in [-0.39, 0.29) is 18.5 Å². The van der Waals surface area contributed by atoms with Crippen molar-refractivity contribution in [2.24, 2.45) is 0 Å². The molecule has 0 aliphatic carbocycles. The largest absolute Gasteiger partial charge is 0.396 e. The van der Waals surface area contributed by atoms with E-state index < -0.39 is 0 Å². The van der Waals surface area contributed by atoms with E-state index in [1.807, 2.05) is 31.4 Å². The van der Waals surface area contributed by atoms with Crippen molar-refractivity contribution in [2.75, 3.05) is 5.73 Å². The number of aromatic nitrogens is 2. The minimum atomic E-state index is -0.0455. The number of nitrogens with zero attached hydrogens (tertiary/aromatic N) is 2. The number of hydrogen-bond donors (Lipinski definition) is 2. The number of thiophene rings is 1. The van der Waals surface area contributed by atoms with Crippen LogP contribution in [0, 0.1) is 13.8 Å². The molecule has 20 heavy (non-hydrogen) atoms. The van der Waals surface area contributed by atoms with Gasteiger partial charge >= 0.3 is 0 Å². The number of carbonyl (C=O) groups excluding carboxylic acids is 1. The quantitative estimate of drug-likeness (QED) is 0.889. The third-order valence-electron chi connectivity index (χ3n) is 3.36. The fourth-order valence-electron chi connectivity index (χ4n) is 2.10. The van der Waals surface area contributed by atoms with E-state index in [4.69, 9.17) is 5.73 Å². The van der Waals surface area contributed by atoms with Crippen LogP contribution in [0.3, 0.4) is 0 Å². The molecule has 6 heteroatoms. The van der Waals surface area contributed by atoms with E-state index in [1.165, 1.54) is 4.88 Å². The first-order valence-corrected chi connectivity index (χ1v) is 7.53. The molecule has 3 N–H and O–H groups in total. The summed E-state index contributed by atoms with van der Waals surface area (Å²) in [6, 6.07) is 4.11. The lowest BCUT2D eigenvalue weighted by Crippen LogP contribution is -2.31. The molecule has 1 atom stereocenters. The van der Waals surface area contributed by atoms with Gasteiger partial charge in [-0.25, -0.2) is 0 Å². The SMILES string of the molecule is CCC(NC(=O)Cn1nc(C)c(N)c1C)c1cccs1. The van der Waals surface area contributed by atoms with Gasteiger partial charge in [-0.15, -0.1) is 11.3 Å². The lowest BCUT2D eigenvalue weighted by molar-refractivity contribution is -0.122. The molecule has 2 aromatic heterocycles. The lowest BCUT2D eigenvalue weighted by Gasteiger charge is -2.15. The van der Waals surface area contributed by atoms with Crippen molar-refractivity contribution in [3.63, 3.8) is 0 Å². The molecule has 0 bridgehead atoms. The zero-order valence-electron chi connectivity index (χ0n) is 12.0. The van der Waals surface area contributed by atoms with Crippen LogP contribution in [-0.4, -0.2) is 15.7 Å². The number of hydrogen-bond acceptors (Lipinski definition) is 4. The van der Waals surface area contributed by atoms with Crippen molar-refractivity contribution < 1.29 is 4.79 Å². The van der Waals surface area contributed by atoms with Crippen molar-refractivity contribution >= 4 is 22.9 Å². The van der Waals surface area contributed by atoms with Gasteiger partial charge in [0.2, 0.25) is 5.91 Å². The van der Waals surface area contributed by atoms with Crippen molar-refractivity contribution in [3.8, 4) is 0 Å². The number of carbonyl (C=O) groups is 1. The van der Waals surface area contributed by atoms with Gasteiger partial charge in [0.25, 0.3) is 0 Å². The molecule has 0 aliphatic heterocycles. The lowest BCUT2D eigenvalue weighted by atomic mass is 10.2. The third-order valence-corrected chi connectivity index (χ3v) is 4.35. The number of anilines is 1. The summed E-state index contributed by atoms with van der Waals surface area (Å²) in [5.74, 6) is -0.0455. The summed E-state index contributed by atoms with van der Waals surface area (Å²) in [5.41, 5.74) is 8.12. The van der Waals surface area contributed by atoms with E-state index in [1.54, 1.807) is 16.0 Å². The van der Waals surface area contributed by atoms with Crippen LogP contribution in [0.4, 0.5) is 5.69 Å². The summed E-state index contributed by atoms with van der Waals surface area (Å²) in [5, 5.41) is 9.34. The normalized spacial score (nSPS) is 12.3. The van der Waals surface area contributed by atoms with Gasteiger partial charge in [-0.3, -0.25) is 9.48 Å². The second-order valence-electron chi connectivity index (χ2n) is 4.79. The summed E-state index contributed by atoms with van der Waals surface area (Å²) in [6.07, 6.45) is 0.867. The Labute approximate surface area is 122 Å². The Morgan fingerprint density at radius 2 is 2.30 bits per heavy atom. The Kier molecular flexibility index (Phi) is 4.44. The van der Waals surface area contributed by atoms with Crippen LogP contribution in [0.1, 0.15) is 35.7 Å². The van der Waals surface area contributed by atoms with E-state index in [0.29, 0.717) is 5.69 Å². The molecule has 2 rings (SSSR count). The molecule has 5 nitrogen and oxygen atoms in total. The van der Waals surface area contributed by atoms with Crippen LogP contribution in [0.2, 0.25) is 0 Å². The molecule has 0 aliphatic rings. The van der Waals surface area contributed by atoms with E-state index in [0.717, 1.165) is 17.8 Å². The summed E-state index contributed by atoms with van der Waals surface area (Å²) in [7, 11) is 0. The zero-order chi connectivity index (χ0) is 14.7. The highest BCUT2D eigenvalue weighted by atomic mass is 32.1. The Balaban J connectivity index is 2.03. The molecular weight excluding hydrogens is 272 g/mol. The molecule has 0 radical (unpaired) electrons. The molecular formula is C14H20N4OS. The maximum absolute atomic E-state index is 12.1. The molecule has 1 amide bonds. The van der Waals surface area contributed by atoms with Gasteiger partial charge in [0.15, 0.2) is 0 Å². The average Bonchev–Trinajstić information content (AvgIpc) is 3.02. The number of nitrogens with one attached hydrogen (secondary N) is 1. The monoisotopic (exact) mass is 292 g/mol. The van der Waals surface area contributed by atoms with Crippen LogP contribution in [-0.2, 0) is 11.3 Å². The molecule has 0 spiro atoms. The highest BCUT2D eigenvalue weighted by Crippen LogP contribution is 2.21. The first kappa shape index (κ1) is 14.6. The first-order chi connectivity index (χ1) is 9.52. The maximum Gasteiger partial charge on any atom is 0.242 e. The Morgan fingerprint density at radius 1 is 1.55 bits per heavy atom. The Morgan fingerprint density at radius 3 is 2.80 bits per heavy atom. The fourth-order valence-corrected chi connectivity index (χ4v) is 2.97. The van der Waals surface area contributed by atoms with Crippen molar-refractivity contribution in [2.45, 2.75) is 39.8 Å². The molecule has 0 fully saturated rings. The second kappa shape index (κ2) is 6.09. The summed E-state index contributed by atoms with van der Waals surface area (Å²) in [4.78, 5) is 13.3. The van der Waals surface area contributed by atoms with Gasteiger partial charge in [0.1, 0.15) is 6.54 Å². The molecule has 108 valence electrons. The van der Waals surface area contributed by atoms with Crippen molar-refractivity contribution in [1.82, 2.24) is 15.1 Å². The zero-order valence-corrected chi connectivity index (χ0v) is 12.8. The second-order valence-corrected chi connectivity index (χ2v) is 5.77. The summed E-state index contributed by atoms with van der Waals surface area (Å²) >= 11 is 1.66. The molecule has 2 aromatic rings. The van der Waals surface area contributed by atoms with E-state index in [2.05, 4.69) is 17.3 Å². The number of aryl methyl sites for hydroxylation is 1. The predicted octanol–water partition coefficient (Wildman–Crippen LogP) is 2.41. The third kappa shape index (κ3) is 3.01. The molecule has 0 saturated carbocycles. The van der Waals surface area contributed by atoms with Crippen LogP contribution in [0.5, 0.6) is 0 Å². The fraction of sp³-hybridized carbons (Fsp3) is 0.429. The van der Waals surface area contributed by atoms with Crippen molar-refractivity contribution in [1.29, 1.82) is 0 Å². The molecule has 0 saturated heterocycles. The molecule has 0 aromatic carbocycles. The number of amides is 1. The van der Waals surface area contributed by atoms with Crippen LogP contribution in [0.15, 0.2) is 17.5 Å². The molecule has 1 unspecified atom stereocenters. The van der Waals surface area contributed by atoms with E-state index in [9.17, 15) is 4.79 Å². The van der Waals surface area contributed by atoms with Gasteiger partial charge in [-0.2, -0.15) is 5.10 Å². The maximum atomic E-state index is 12.1. The van der Waals surface area contributed by atoms with Gasteiger partial charge in [-0.1, -0.05) is 13.0 Å². The molecule has 2 heterocycles. The van der Waals surface area contributed by atoms with Crippen LogP contribution < -0.4 is 11.1 Å². The Hall–Kier alpha value is -1.82. The number of rotatable bonds is 5. The van der Waals surface area contributed by atoms with Crippen molar-refractivity contribution in [3.05, 3.63) is 33.8 Å². The smallest absolute Gasteiger partial charge is 0.242 e. The van der Waals surface area contributed by atoms with Gasteiger partial charge in [-0.05, 0) is 31.7 Å². The minimum absolute atomic E-state index is 0.0455. The highest BCUT2D eigenvalue weighted by Gasteiger charge is 2.16. The Bertz CT molecular complexity index is 589. The average molecular weight is 292 g/mol. The minimum Gasteiger partial charge on any atom is -0.396 e. The summed E-state index contributed by atoms with van der Waals surface area (Å²) in [6.45, 7) is 5.98. The summed E-state index contributed by atoms with van der Waals surface area (Å²) < 4.78 is 1.65. The van der Waals surface area contributed by atoms with Gasteiger partial charge in [0, 0.05) is 4.88 Å². The van der Waals surface area contributed by atoms with Crippen LogP contribution in [0.25, 0.3) is 0 Å². The highest BCUT2D eigenvalue weighted by molar-refractivity contribution is 7.10. The first-order valence-electron chi connectivity index (χ1n) is 6.65. The number of nitrogen functional groups attached to an aromatic ring is 1.